The number of nitrogen functional groups attached to an aromatic ring is 1. The minimum atomic E-state index is -0.317. The van der Waals surface area contributed by atoms with Crippen molar-refractivity contribution in [3.05, 3.63) is 63.7 Å². The molecule has 6 nitrogen and oxygen atoms in total. The Morgan fingerprint density at radius 2 is 1.79 bits per heavy atom. The smallest absolute Gasteiger partial charge is 0.232 e. The maximum atomic E-state index is 12.9. The van der Waals surface area contributed by atoms with Gasteiger partial charge in [0.05, 0.1) is 3.57 Å². The lowest BCUT2D eigenvalue weighted by Gasteiger charge is -2.09. The molecule has 0 spiro atoms. The van der Waals surface area contributed by atoms with Crippen LogP contribution >= 0.6 is 22.6 Å². The number of ether oxygens (including phenoxy) is 1. The lowest BCUT2D eigenvalue weighted by molar-refractivity contribution is 0.293. The summed E-state index contributed by atoms with van der Waals surface area (Å²) in [4.78, 5) is 12.3. The number of nitrogens with two attached hydrogens (primary N) is 1. The first-order chi connectivity index (χ1) is 11.6. The standard InChI is InChI=1S/C16H13FIN5O/c17-10-5-7-11(8-6-10)20-16-22-14(21-15(19)23-16)9-24-13-4-2-1-3-12(13)18/h1-8H,9H2,(H3,19,20,21,22,23). The van der Waals surface area contributed by atoms with Crippen molar-refractivity contribution in [3.63, 3.8) is 0 Å². The second-order valence-corrected chi connectivity index (χ2v) is 5.95. The Morgan fingerprint density at radius 1 is 1.04 bits per heavy atom. The zero-order valence-corrected chi connectivity index (χ0v) is 14.6. The van der Waals surface area contributed by atoms with Crippen LogP contribution in [-0.2, 0) is 6.61 Å². The van der Waals surface area contributed by atoms with Gasteiger partial charge in [0.25, 0.3) is 0 Å². The molecule has 0 aliphatic heterocycles. The van der Waals surface area contributed by atoms with Gasteiger partial charge in [0, 0.05) is 5.69 Å². The third-order valence-electron chi connectivity index (χ3n) is 2.99. The minimum Gasteiger partial charge on any atom is -0.484 e. The molecule has 0 unspecified atom stereocenters. The zero-order chi connectivity index (χ0) is 16.9. The molecular formula is C16H13FIN5O. The van der Waals surface area contributed by atoms with E-state index in [1.807, 2.05) is 24.3 Å². The number of hydrogen-bond donors (Lipinski definition) is 2. The summed E-state index contributed by atoms with van der Waals surface area (Å²) < 4.78 is 19.6. The van der Waals surface area contributed by atoms with E-state index in [4.69, 9.17) is 10.5 Å². The number of para-hydroxylation sites is 1. The first kappa shape index (κ1) is 16.4. The van der Waals surface area contributed by atoms with E-state index in [1.165, 1.54) is 12.1 Å². The number of aromatic nitrogens is 3. The fourth-order valence-electron chi connectivity index (χ4n) is 1.92. The number of hydrogen-bond acceptors (Lipinski definition) is 6. The summed E-state index contributed by atoms with van der Waals surface area (Å²) in [6.45, 7) is 0.158. The van der Waals surface area contributed by atoms with Gasteiger partial charge in [-0.3, -0.25) is 0 Å². The molecule has 24 heavy (non-hydrogen) atoms. The van der Waals surface area contributed by atoms with Crippen LogP contribution in [0.2, 0.25) is 0 Å². The third kappa shape index (κ3) is 4.28. The molecule has 0 aliphatic carbocycles. The Bertz CT molecular complexity index is 844. The molecule has 0 saturated carbocycles. The summed E-state index contributed by atoms with van der Waals surface area (Å²) in [6, 6.07) is 13.5. The van der Waals surface area contributed by atoms with E-state index in [0.717, 1.165) is 9.32 Å². The Labute approximate surface area is 151 Å². The van der Waals surface area contributed by atoms with E-state index in [2.05, 4.69) is 42.9 Å². The van der Waals surface area contributed by atoms with Crippen LogP contribution in [0.15, 0.2) is 48.5 Å². The van der Waals surface area contributed by atoms with Crippen molar-refractivity contribution in [2.75, 3.05) is 11.1 Å². The number of benzene rings is 2. The topological polar surface area (TPSA) is 86.0 Å². The predicted octanol–water partition coefficient (Wildman–Crippen LogP) is 3.52. The molecule has 0 bridgehead atoms. The highest BCUT2D eigenvalue weighted by Crippen LogP contribution is 2.21. The summed E-state index contributed by atoms with van der Waals surface area (Å²) in [5, 5.41) is 2.96. The van der Waals surface area contributed by atoms with E-state index in [-0.39, 0.29) is 24.3 Å². The first-order valence-electron chi connectivity index (χ1n) is 7.00. The van der Waals surface area contributed by atoms with E-state index in [9.17, 15) is 4.39 Å². The molecule has 122 valence electrons. The second kappa shape index (κ2) is 7.39. The third-order valence-corrected chi connectivity index (χ3v) is 3.88. The molecule has 0 fully saturated rings. The lowest BCUT2D eigenvalue weighted by Crippen LogP contribution is -2.09. The monoisotopic (exact) mass is 437 g/mol. The average Bonchev–Trinajstić information content (AvgIpc) is 2.56. The minimum absolute atomic E-state index is 0.0796. The van der Waals surface area contributed by atoms with Gasteiger partial charge in [-0.25, -0.2) is 4.39 Å². The fourth-order valence-corrected chi connectivity index (χ4v) is 2.47. The number of nitrogens with zero attached hydrogens (tertiary/aromatic N) is 3. The number of nitrogens with one attached hydrogen (secondary N) is 1. The fraction of sp³-hybridized carbons (Fsp3) is 0.0625. The molecule has 1 heterocycles. The van der Waals surface area contributed by atoms with Crippen molar-refractivity contribution in [2.24, 2.45) is 0 Å². The lowest BCUT2D eigenvalue weighted by atomic mass is 10.3. The van der Waals surface area contributed by atoms with Gasteiger partial charge < -0.3 is 15.8 Å². The van der Waals surface area contributed by atoms with Crippen molar-refractivity contribution >= 4 is 40.2 Å². The second-order valence-electron chi connectivity index (χ2n) is 4.78. The van der Waals surface area contributed by atoms with Gasteiger partial charge in [0.1, 0.15) is 18.2 Å². The highest BCUT2D eigenvalue weighted by Gasteiger charge is 2.07. The van der Waals surface area contributed by atoms with Crippen LogP contribution in [0.4, 0.5) is 22.0 Å². The summed E-state index contributed by atoms with van der Waals surface area (Å²) in [5.74, 6) is 1.17. The molecule has 1 aromatic heterocycles. The van der Waals surface area contributed by atoms with Crippen LogP contribution in [0.5, 0.6) is 5.75 Å². The van der Waals surface area contributed by atoms with Crippen molar-refractivity contribution < 1.29 is 9.13 Å². The van der Waals surface area contributed by atoms with Gasteiger partial charge in [-0.05, 0) is 59.0 Å². The molecule has 0 saturated heterocycles. The van der Waals surface area contributed by atoms with Crippen LogP contribution in [0.1, 0.15) is 5.82 Å². The van der Waals surface area contributed by atoms with Gasteiger partial charge in [-0.2, -0.15) is 15.0 Å². The van der Waals surface area contributed by atoms with Gasteiger partial charge in [0.2, 0.25) is 11.9 Å². The molecule has 3 N–H and O–H groups in total. The van der Waals surface area contributed by atoms with E-state index in [1.54, 1.807) is 12.1 Å². The Hall–Kier alpha value is -2.49. The summed E-state index contributed by atoms with van der Waals surface area (Å²) in [6.07, 6.45) is 0. The molecule has 2 aromatic carbocycles. The van der Waals surface area contributed by atoms with Crippen LogP contribution in [0.25, 0.3) is 0 Å². The van der Waals surface area contributed by atoms with E-state index < -0.39 is 0 Å². The van der Waals surface area contributed by atoms with Crippen LogP contribution in [-0.4, -0.2) is 15.0 Å². The zero-order valence-electron chi connectivity index (χ0n) is 12.4. The van der Waals surface area contributed by atoms with Crippen LogP contribution in [0, 0.1) is 9.39 Å². The normalized spacial score (nSPS) is 10.4. The van der Waals surface area contributed by atoms with Gasteiger partial charge in [0.15, 0.2) is 5.82 Å². The molecule has 0 aliphatic rings. The first-order valence-corrected chi connectivity index (χ1v) is 8.08. The molecule has 0 amide bonds. The summed E-state index contributed by atoms with van der Waals surface area (Å²) >= 11 is 2.19. The Morgan fingerprint density at radius 3 is 2.54 bits per heavy atom. The molecular weight excluding hydrogens is 424 g/mol. The van der Waals surface area contributed by atoms with Crippen LogP contribution < -0.4 is 15.8 Å². The number of anilines is 3. The molecule has 3 aromatic rings. The predicted molar refractivity (Wildman–Crippen MR) is 97.4 cm³/mol. The van der Waals surface area contributed by atoms with E-state index >= 15 is 0 Å². The van der Waals surface area contributed by atoms with Crippen molar-refractivity contribution in [3.8, 4) is 5.75 Å². The van der Waals surface area contributed by atoms with Gasteiger partial charge in [-0.1, -0.05) is 12.1 Å². The largest absolute Gasteiger partial charge is 0.484 e. The average molecular weight is 437 g/mol. The number of rotatable bonds is 5. The highest BCUT2D eigenvalue weighted by molar-refractivity contribution is 14.1. The Kier molecular flexibility index (Phi) is 5.04. The highest BCUT2D eigenvalue weighted by atomic mass is 127. The van der Waals surface area contributed by atoms with Crippen LogP contribution in [0.3, 0.4) is 0 Å². The summed E-state index contributed by atoms with van der Waals surface area (Å²) in [5.41, 5.74) is 6.36. The Balaban J connectivity index is 1.74. The van der Waals surface area contributed by atoms with Crippen molar-refractivity contribution in [2.45, 2.75) is 6.61 Å². The molecule has 0 atom stereocenters. The molecule has 0 radical (unpaired) electrons. The maximum absolute atomic E-state index is 12.9. The van der Waals surface area contributed by atoms with Crippen molar-refractivity contribution in [1.29, 1.82) is 0 Å². The van der Waals surface area contributed by atoms with Gasteiger partial charge >= 0.3 is 0 Å². The van der Waals surface area contributed by atoms with E-state index in [0.29, 0.717) is 11.5 Å². The van der Waals surface area contributed by atoms with Gasteiger partial charge in [-0.15, -0.1) is 0 Å². The van der Waals surface area contributed by atoms with Crippen molar-refractivity contribution in [1.82, 2.24) is 15.0 Å². The molecule has 3 rings (SSSR count). The molecule has 8 heteroatoms. The quantitative estimate of drug-likeness (QED) is 0.595. The number of halogens is 2. The SMILES string of the molecule is Nc1nc(COc2ccccc2I)nc(Nc2ccc(F)cc2)n1. The maximum Gasteiger partial charge on any atom is 0.232 e. The summed E-state index contributed by atoms with van der Waals surface area (Å²) in [7, 11) is 0.